The number of nitrogens with one attached hydrogen (secondary N) is 1. The molecule has 1 aliphatic rings. The van der Waals surface area contributed by atoms with Crippen LogP contribution in [0.4, 0.5) is 0 Å². The van der Waals surface area contributed by atoms with E-state index in [-0.39, 0.29) is 6.10 Å². The largest absolute Gasteiger partial charge is 0.372 e. The molecule has 1 aliphatic heterocycles. The SMILES string of the molecule is CC(C)NCC1CCCOC1c1ccc2ccccc2n1. The molecule has 2 aromatic rings. The Kier molecular flexibility index (Phi) is 4.51. The second kappa shape index (κ2) is 6.54. The molecule has 1 aromatic carbocycles. The molecule has 0 aliphatic carbocycles. The topological polar surface area (TPSA) is 34.1 Å². The molecule has 1 aromatic heterocycles. The molecule has 1 fully saturated rings. The minimum Gasteiger partial charge on any atom is -0.372 e. The number of para-hydroxylation sites is 1. The second-order valence-electron chi connectivity index (χ2n) is 6.19. The second-order valence-corrected chi connectivity index (χ2v) is 6.19. The van der Waals surface area contributed by atoms with Gasteiger partial charge in [-0.05, 0) is 25.0 Å². The molecule has 3 rings (SSSR count). The van der Waals surface area contributed by atoms with Gasteiger partial charge in [0.2, 0.25) is 0 Å². The van der Waals surface area contributed by atoms with Gasteiger partial charge in [-0.25, -0.2) is 0 Å². The highest BCUT2D eigenvalue weighted by atomic mass is 16.5. The van der Waals surface area contributed by atoms with Crippen LogP contribution in [-0.4, -0.2) is 24.2 Å². The zero-order valence-electron chi connectivity index (χ0n) is 12.9. The van der Waals surface area contributed by atoms with Gasteiger partial charge in [0, 0.05) is 30.5 Å². The van der Waals surface area contributed by atoms with E-state index in [0.29, 0.717) is 12.0 Å². The van der Waals surface area contributed by atoms with Crippen molar-refractivity contribution in [3.63, 3.8) is 0 Å². The third-order valence-electron chi connectivity index (χ3n) is 4.14. The number of fused-ring (bicyclic) bond motifs is 1. The van der Waals surface area contributed by atoms with E-state index in [9.17, 15) is 0 Å². The zero-order chi connectivity index (χ0) is 14.7. The smallest absolute Gasteiger partial charge is 0.103 e. The maximum absolute atomic E-state index is 6.06. The maximum atomic E-state index is 6.06. The van der Waals surface area contributed by atoms with Gasteiger partial charge < -0.3 is 10.1 Å². The summed E-state index contributed by atoms with van der Waals surface area (Å²) in [6.07, 6.45) is 2.47. The van der Waals surface area contributed by atoms with Crippen LogP contribution in [0.2, 0.25) is 0 Å². The molecular formula is C18H24N2O. The highest BCUT2D eigenvalue weighted by Crippen LogP contribution is 2.33. The van der Waals surface area contributed by atoms with Crippen molar-refractivity contribution in [1.82, 2.24) is 10.3 Å². The lowest BCUT2D eigenvalue weighted by Gasteiger charge is -2.32. The first-order valence-corrected chi connectivity index (χ1v) is 7.95. The van der Waals surface area contributed by atoms with Gasteiger partial charge in [-0.2, -0.15) is 0 Å². The molecular weight excluding hydrogens is 260 g/mol. The molecule has 2 unspecified atom stereocenters. The van der Waals surface area contributed by atoms with Crippen LogP contribution in [0.5, 0.6) is 0 Å². The summed E-state index contributed by atoms with van der Waals surface area (Å²) < 4.78 is 6.06. The molecule has 3 nitrogen and oxygen atoms in total. The number of nitrogens with zero attached hydrogens (tertiary/aromatic N) is 1. The molecule has 0 radical (unpaired) electrons. The molecule has 1 N–H and O–H groups in total. The number of ether oxygens (including phenoxy) is 1. The van der Waals surface area contributed by atoms with Gasteiger partial charge in [-0.1, -0.05) is 38.1 Å². The van der Waals surface area contributed by atoms with Gasteiger partial charge in [0.15, 0.2) is 0 Å². The average Bonchev–Trinajstić information content (AvgIpc) is 2.52. The standard InChI is InChI=1S/C18H24N2O/c1-13(2)19-12-15-7-5-11-21-18(15)17-10-9-14-6-3-4-8-16(14)20-17/h3-4,6,8-10,13,15,18-19H,5,7,11-12H2,1-2H3. The van der Waals surface area contributed by atoms with Gasteiger partial charge in [-0.15, -0.1) is 0 Å². The van der Waals surface area contributed by atoms with Crippen molar-refractivity contribution in [2.75, 3.05) is 13.2 Å². The Balaban J connectivity index is 1.83. The van der Waals surface area contributed by atoms with Crippen molar-refractivity contribution in [2.45, 2.75) is 38.8 Å². The first-order valence-electron chi connectivity index (χ1n) is 7.95. The minimum atomic E-state index is 0.120. The van der Waals surface area contributed by atoms with Crippen LogP contribution < -0.4 is 5.32 Å². The van der Waals surface area contributed by atoms with Gasteiger partial charge in [-0.3, -0.25) is 4.98 Å². The molecule has 0 bridgehead atoms. The molecule has 21 heavy (non-hydrogen) atoms. The van der Waals surface area contributed by atoms with E-state index in [4.69, 9.17) is 9.72 Å². The lowest BCUT2D eigenvalue weighted by molar-refractivity contribution is -0.0305. The molecule has 2 atom stereocenters. The lowest BCUT2D eigenvalue weighted by Crippen LogP contribution is -2.35. The average molecular weight is 284 g/mol. The van der Waals surface area contributed by atoms with E-state index in [1.165, 1.54) is 11.8 Å². The van der Waals surface area contributed by atoms with Crippen molar-refractivity contribution in [1.29, 1.82) is 0 Å². The monoisotopic (exact) mass is 284 g/mol. The van der Waals surface area contributed by atoms with E-state index in [1.54, 1.807) is 0 Å². The summed E-state index contributed by atoms with van der Waals surface area (Å²) in [4.78, 5) is 4.82. The van der Waals surface area contributed by atoms with E-state index < -0.39 is 0 Å². The Bertz CT molecular complexity index is 597. The highest BCUT2D eigenvalue weighted by molar-refractivity contribution is 5.78. The summed E-state index contributed by atoms with van der Waals surface area (Å²) in [5.41, 5.74) is 2.13. The molecule has 1 saturated heterocycles. The fourth-order valence-corrected chi connectivity index (χ4v) is 3.01. The molecule has 3 heteroatoms. The van der Waals surface area contributed by atoms with Crippen LogP contribution in [0.15, 0.2) is 36.4 Å². The van der Waals surface area contributed by atoms with Crippen LogP contribution in [0, 0.1) is 5.92 Å². The van der Waals surface area contributed by atoms with Crippen LogP contribution >= 0.6 is 0 Å². The van der Waals surface area contributed by atoms with E-state index in [2.05, 4.69) is 49.5 Å². The summed E-state index contributed by atoms with van der Waals surface area (Å²) >= 11 is 0. The van der Waals surface area contributed by atoms with Crippen molar-refractivity contribution < 1.29 is 4.74 Å². The molecule has 0 saturated carbocycles. The van der Waals surface area contributed by atoms with Crippen LogP contribution in [0.1, 0.15) is 38.5 Å². The predicted molar refractivity (Wildman–Crippen MR) is 86.3 cm³/mol. The van der Waals surface area contributed by atoms with Crippen molar-refractivity contribution >= 4 is 10.9 Å². The number of hydrogen-bond acceptors (Lipinski definition) is 3. The Labute approximate surface area is 126 Å². The predicted octanol–water partition coefficient (Wildman–Crippen LogP) is 3.70. The Morgan fingerprint density at radius 3 is 2.95 bits per heavy atom. The van der Waals surface area contributed by atoms with Crippen molar-refractivity contribution in [3.05, 3.63) is 42.1 Å². The first-order chi connectivity index (χ1) is 10.2. The fourth-order valence-electron chi connectivity index (χ4n) is 3.01. The Morgan fingerprint density at radius 2 is 2.10 bits per heavy atom. The number of benzene rings is 1. The Hall–Kier alpha value is -1.45. The van der Waals surface area contributed by atoms with E-state index in [0.717, 1.165) is 30.8 Å². The minimum absolute atomic E-state index is 0.120. The third kappa shape index (κ3) is 3.42. The summed E-state index contributed by atoms with van der Waals surface area (Å²) in [6.45, 7) is 6.22. The Morgan fingerprint density at radius 1 is 1.24 bits per heavy atom. The molecule has 112 valence electrons. The lowest BCUT2D eigenvalue weighted by atomic mass is 9.91. The summed E-state index contributed by atoms with van der Waals surface area (Å²) in [6, 6.07) is 13.1. The van der Waals surface area contributed by atoms with Gasteiger partial charge in [0.25, 0.3) is 0 Å². The number of hydrogen-bond donors (Lipinski definition) is 1. The van der Waals surface area contributed by atoms with Gasteiger partial charge in [0.05, 0.1) is 11.2 Å². The van der Waals surface area contributed by atoms with Gasteiger partial charge >= 0.3 is 0 Å². The maximum Gasteiger partial charge on any atom is 0.103 e. The number of aromatic nitrogens is 1. The van der Waals surface area contributed by atoms with Crippen LogP contribution in [-0.2, 0) is 4.74 Å². The molecule has 2 heterocycles. The normalized spacial score (nSPS) is 22.8. The number of rotatable bonds is 4. The summed E-state index contributed by atoms with van der Waals surface area (Å²) in [7, 11) is 0. The summed E-state index contributed by atoms with van der Waals surface area (Å²) in [5.74, 6) is 0.509. The first kappa shape index (κ1) is 14.5. The van der Waals surface area contributed by atoms with Crippen LogP contribution in [0.3, 0.4) is 0 Å². The van der Waals surface area contributed by atoms with Crippen molar-refractivity contribution in [2.24, 2.45) is 5.92 Å². The van der Waals surface area contributed by atoms with E-state index in [1.807, 2.05) is 6.07 Å². The number of pyridine rings is 1. The van der Waals surface area contributed by atoms with Gasteiger partial charge in [0.1, 0.15) is 6.10 Å². The summed E-state index contributed by atoms with van der Waals surface area (Å²) in [5, 5.41) is 4.73. The van der Waals surface area contributed by atoms with E-state index >= 15 is 0 Å². The van der Waals surface area contributed by atoms with Crippen LogP contribution in [0.25, 0.3) is 10.9 Å². The zero-order valence-corrected chi connectivity index (χ0v) is 12.9. The van der Waals surface area contributed by atoms with Crippen molar-refractivity contribution in [3.8, 4) is 0 Å². The third-order valence-corrected chi connectivity index (χ3v) is 4.14. The quantitative estimate of drug-likeness (QED) is 0.929. The fraction of sp³-hybridized carbons (Fsp3) is 0.500. The molecule has 0 spiro atoms. The highest BCUT2D eigenvalue weighted by Gasteiger charge is 2.28. The molecule has 0 amide bonds.